The number of fused-ring (bicyclic) bond motifs is 1. The van der Waals surface area contributed by atoms with E-state index in [1.54, 1.807) is 38.4 Å². The molecule has 0 atom stereocenters. The van der Waals surface area contributed by atoms with Gasteiger partial charge in [0.2, 0.25) is 0 Å². The summed E-state index contributed by atoms with van der Waals surface area (Å²) in [6.45, 7) is 2.50. The van der Waals surface area contributed by atoms with Crippen molar-refractivity contribution in [2.24, 2.45) is 0 Å². The van der Waals surface area contributed by atoms with Crippen LogP contribution in [0.1, 0.15) is 31.8 Å². The molecule has 3 rings (SSSR count). The van der Waals surface area contributed by atoms with E-state index >= 15 is 0 Å². The van der Waals surface area contributed by atoms with Crippen molar-refractivity contribution in [3.8, 4) is 5.75 Å². The van der Waals surface area contributed by atoms with Crippen molar-refractivity contribution in [3.05, 3.63) is 58.7 Å². The fraction of sp³-hybridized carbons (Fsp3) is 0.263. The Bertz CT molecular complexity index is 812. The molecule has 2 amide bonds. The Kier molecular flexibility index (Phi) is 4.25. The number of nitrogens with zero attached hydrogens (tertiary/aromatic N) is 1. The first kappa shape index (κ1) is 16.1. The van der Waals surface area contributed by atoms with Gasteiger partial charge in [-0.05, 0) is 48.4 Å². The monoisotopic (exact) mass is 324 g/mol. The number of anilines is 1. The van der Waals surface area contributed by atoms with Crippen molar-refractivity contribution < 1.29 is 14.3 Å². The Morgan fingerprint density at radius 3 is 2.71 bits per heavy atom. The molecule has 1 heterocycles. The topological polar surface area (TPSA) is 58.6 Å². The zero-order valence-corrected chi connectivity index (χ0v) is 14.1. The third-order valence-electron chi connectivity index (χ3n) is 4.17. The summed E-state index contributed by atoms with van der Waals surface area (Å²) in [5.74, 6) is 0.571. The fourth-order valence-corrected chi connectivity index (χ4v) is 2.77. The molecular formula is C19H20N2O3. The third-order valence-corrected chi connectivity index (χ3v) is 4.17. The third kappa shape index (κ3) is 2.97. The molecule has 1 aliphatic heterocycles. The van der Waals surface area contributed by atoms with Crippen LogP contribution in [-0.2, 0) is 6.42 Å². The molecule has 0 aromatic heterocycles. The number of nitrogens with one attached hydrogen (secondary N) is 1. The van der Waals surface area contributed by atoms with E-state index in [0.29, 0.717) is 23.4 Å². The number of hydrogen-bond acceptors (Lipinski definition) is 3. The van der Waals surface area contributed by atoms with E-state index in [1.807, 2.05) is 19.1 Å². The number of benzene rings is 2. The number of ether oxygens (including phenoxy) is 1. The molecule has 0 unspecified atom stereocenters. The van der Waals surface area contributed by atoms with E-state index < -0.39 is 0 Å². The SMILES string of the molecule is Cc1c(NC(=O)c2ccc3c(c2)CCO3)cccc1C(=O)N(C)C. The van der Waals surface area contributed by atoms with Gasteiger partial charge in [0.05, 0.1) is 6.61 Å². The summed E-state index contributed by atoms with van der Waals surface area (Å²) in [5, 5.41) is 2.90. The molecule has 1 N–H and O–H groups in total. The molecule has 24 heavy (non-hydrogen) atoms. The molecule has 0 spiro atoms. The predicted octanol–water partition coefficient (Wildman–Crippen LogP) is 2.88. The molecule has 5 nitrogen and oxygen atoms in total. The lowest BCUT2D eigenvalue weighted by atomic mass is 10.0. The van der Waals surface area contributed by atoms with Crippen LogP contribution in [0.2, 0.25) is 0 Å². The number of rotatable bonds is 3. The highest BCUT2D eigenvalue weighted by Crippen LogP contribution is 2.27. The minimum absolute atomic E-state index is 0.0849. The second kappa shape index (κ2) is 6.35. The lowest BCUT2D eigenvalue weighted by Crippen LogP contribution is -2.23. The summed E-state index contributed by atoms with van der Waals surface area (Å²) >= 11 is 0. The molecule has 0 radical (unpaired) electrons. The number of carbonyl (C=O) groups excluding carboxylic acids is 2. The van der Waals surface area contributed by atoms with Gasteiger partial charge in [0.15, 0.2) is 0 Å². The highest BCUT2D eigenvalue weighted by Gasteiger charge is 2.17. The van der Waals surface area contributed by atoms with Gasteiger partial charge in [-0.25, -0.2) is 0 Å². The van der Waals surface area contributed by atoms with Crippen molar-refractivity contribution in [1.29, 1.82) is 0 Å². The molecule has 124 valence electrons. The van der Waals surface area contributed by atoms with Gasteiger partial charge in [0, 0.05) is 37.3 Å². The molecule has 0 bridgehead atoms. The molecule has 0 saturated heterocycles. The van der Waals surface area contributed by atoms with Crippen LogP contribution >= 0.6 is 0 Å². The molecular weight excluding hydrogens is 304 g/mol. The van der Waals surface area contributed by atoms with Crippen LogP contribution in [0.4, 0.5) is 5.69 Å². The van der Waals surface area contributed by atoms with E-state index in [1.165, 1.54) is 4.90 Å². The second-order valence-electron chi connectivity index (χ2n) is 6.05. The zero-order chi connectivity index (χ0) is 17.3. The highest BCUT2D eigenvalue weighted by molar-refractivity contribution is 6.06. The highest BCUT2D eigenvalue weighted by atomic mass is 16.5. The van der Waals surface area contributed by atoms with Gasteiger partial charge in [-0.15, -0.1) is 0 Å². The van der Waals surface area contributed by atoms with Gasteiger partial charge in [-0.3, -0.25) is 9.59 Å². The fourth-order valence-electron chi connectivity index (χ4n) is 2.77. The summed E-state index contributed by atoms with van der Waals surface area (Å²) < 4.78 is 5.46. The van der Waals surface area contributed by atoms with Gasteiger partial charge in [-0.1, -0.05) is 6.07 Å². The first-order valence-corrected chi connectivity index (χ1v) is 7.85. The van der Waals surface area contributed by atoms with Gasteiger partial charge in [0.1, 0.15) is 5.75 Å². The van der Waals surface area contributed by atoms with Crippen LogP contribution in [0.25, 0.3) is 0 Å². The van der Waals surface area contributed by atoms with E-state index in [9.17, 15) is 9.59 Å². The minimum atomic E-state index is -0.192. The molecule has 5 heteroatoms. The Hall–Kier alpha value is -2.82. The summed E-state index contributed by atoms with van der Waals surface area (Å²) in [7, 11) is 3.42. The summed E-state index contributed by atoms with van der Waals surface area (Å²) in [6.07, 6.45) is 0.822. The second-order valence-corrected chi connectivity index (χ2v) is 6.05. The van der Waals surface area contributed by atoms with Gasteiger partial charge < -0.3 is 15.0 Å². The summed E-state index contributed by atoms with van der Waals surface area (Å²) in [4.78, 5) is 26.3. The molecule has 2 aromatic rings. The van der Waals surface area contributed by atoms with Crippen LogP contribution in [0, 0.1) is 6.92 Å². The Balaban J connectivity index is 1.84. The standard InChI is InChI=1S/C19H20N2O3/c1-12-15(19(23)21(2)3)5-4-6-16(12)20-18(22)14-7-8-17-13(11-14)9-10-24-17/h4-8,11H,9-10H2,1-3H3,(H,20,22). The lowest BCUT2D eigenvalue weighted by molar-refractivity contribution is 0.0826. The summed E-state index contributed by atoms with van der Waals surface area (Å²) in [6, 6.07) is 10.8. The first-order valence-electron chi connectivity index (χ1n) is 7.85. The van der Waals surface area contributed by atoms with Crippen molar-refractivity contribution in [1.82, 2.24) is 4.90 Å². The molecule has 0 aliphatic carbocycles. The van der Waals surface area contributed by atoms with Crippen molar-refractivity contribution in [2.75, 3.05) is 26.0 Å². The molecule has 0 saturated carbocycles. The largest absolute Gasteiger partial charge is 0.493 e. The van der Waals surface area contributed by atoms with E-state index in [0.717, 1.165) is 23.3 Å². The maximum atomic E-state index is 12.5. The average Bonchev–Trinajstić information content (AvgIpc) is 3.03. The van der Waals surface area contributed by atoms with Gasteiger partial charge in [0.25, 0.3) is 11.8 Å². The molecule has 1 aliphatic rings. The average molecular weight is 324 g/mol. The number of carbonyl (C=O) groups is 2. The van der Waals surface area contributed by atoms with Crippen molar-refractivity contribution in [2.45, 2.75) is 13.3 Å². The van der Waals surface area contributed by atoms with Gasteiger partial charge in [-0.2, -0.15) is 0 Å². The Morgan fingerprint density at radius 2 is 1.96 bits per heavy atom. The predicted molar refractivity (Wildman–Crippen MR) is 92.8 cm³/mol. The van der Waals surface area contributed by atoms with E-state index in [4.69, 9.17) is 4.74 Å². The summed E-state index contributed by atoms with van der Waals surface area (Å²) in [5.41, 5.74) is 3.62. The van der Waals surface area contributed by atoms with Crippen LogP contribution in [0.15, 0.2) is 36.4 Å². The smallest absolute Gasteiger partial charge is 0.255 e. The maximum Gasteiger partial charge on any atom is 0.255 e. The van der Waals surface area contributed by atoms with Crippen molar-refractivity contribution in [3.63, 3.8) is 0 Å². The Labute approximate surface area is 141 Å². The van der Waals surface area contributed by atoms with E-state index in [2.05, 4.69) is 5.32 Å². The van der Waals surface area contributed by atoms with Gasteiger partial charge >= 0.3 is 0 Å². The van der Waals surface area contributed by atoms with Crippen LogP contribution < -0.4 is 10.1 Å². The normalized spacial score (nSPS) is 12.3. The minimum Gasteiger partial charge on any atom is -0.493 e. The molecule has 0 fully saturated rings. The molecule has 2 aromatic carbocycles. The van der Waals surface area contributed by atoms with Crippen molar-refractivity contribution >= 4 is 17.5 Å². The first-order chi connectivity index (χ1) is 11.5. The Morgan fingerprint density at radius 1 is 1.17 bits per heavy atom. The lowest BCUT2D eigenvalue weighted by Gasteiger charge is -2.15. The number of hydrogen-bond donors (Lipinski definition) is 1. The quantitative estimate of drug-likeness (QED) is 0.944. The van der Waals surface area contributed by atoms with Crippen LogP contribution in [0.5, 0.6) is 5.75 Å². The maximum absolute atomic E-state index is 12.5. The van der Waals surface area contributed by atoms with Crippen LogP contribution in [-0.4, -0.2) is 37.4 Å². The zero-order valence-electron chi connectivity index (χ0n) is 14.1. The number of amides is 2. The van der Waals surface area contributed by atoms with Crippen LogP contribution in [0.3, 0.4) is 0 Å². The van der Waals surface area contributed by atoms with E-state index in [-0.39, 0.29) is 11.8 Å².